The van der Waals surface area contributed by atoms with Gasteiger partial charge in [-0.2, -0.15) is 0 Å². The first-order chi connectivity index (χ1) is 34.9. The second kappa shape index (κ2) is 29.0. The van der Waals surface area contributed by atoms with Crippen LogP contribution in [0.3, 0.4) is 0 Å². The number of hydrogen-bond donors (Lipinski definition) is 14. The number of carbonyl (C=O) groups is 8. The molecule has 15 atom stereocenters. The highest BCUT2D eigenvalue weighted by Crippen LogP contribution is 2.25. The molecule has 3 saturated heterocycles. The molecule has 416 valence electrons. The third kappa shape index (κ3) is 17.8. The van der Waals surface area contributed by atoms with Gasteiger partial charge in [-0.15, -0.1) is 0 Å². The summed E-state index contributed by atoms with van der Waals surface area (Å²) in [5.74, 6) is -7.94. The Morgan fingerprint density at radius 1 is 0.716 bits per heavy atom. The van der Waals surface area contributed by atoms with Crippen molar-refractivity contribution in [3.8, 4) is 5.75 Å². The number of primary amides is 1. The number of phenolic OH excluding ortho intramolecular Hbond substituents is 1. The number of aromatic hydroxyl groups is 1. The number of phenols is 1. The van der Waals surface area contributed by atoms with Crippen molar-refractivity contribution >= 4 is 47.3 Å². The molecule has 0 aliphatic carbocycles. The van der Waals surface area contributed by atoms with Crippen molar-refractivity contribution in [1.29, 1.82) is 0 Å². The van der Waals surface area contributed by atoms with E-state index in [1.807, 2.05) is 0 Å². The minimum absolute atomic E-state index is 0.0626. The molecule has 2 unspecified atom stereocenters. The number of fused-ring (bicyclic) bond motifs is 2. The monoisotopic (exact) mass is 1050 g/mol. The lowest BCUT2D eigenvalue weighted by Crippen LogP contribution is -2.64. The number of hydrogen-bond acceptors (Lipinski definition) is 16. The first-order valence-corrected chi connectivity index (χ1v) is 25.9. The van der Waals surface area contributed by atoms with Gasteiger partial charge in [0.2, 0.25) is 47.3 Å². The summed E-state index contributed by atoms with van der Waals surface area (Å²) in [7, 11) is 0. The topological polar surface area (TPSA) is 391 Å². The Kier molecular flexibility index (Phi) is 23.9. The van der Waals surface area contributed by atoms with E-state index in [0.717, 1.165) is 55.2 Å². The molecule has 74 heavy (non-hydrogen) atoms. The van der Waals surface area contributed by atoms with E-state index in [9.17, 15) is 79.2 Å². The van der Waals surface area contributed by atoms with Gasteiger partial charge in [0.25, 0.3) is 0 Å². The van der Waals surface area contributed by atoms with E-state index >= 15 is 0 Å². The first kappa shape index (κ1) is 61.1. The second-order valence-corrected chi connectivity index (χ2v) is 20.5. The van der Waals surface area contributed by atoms with Crippen LogP contribution in [-0.2, 0) is 44.8 Å². The van der Waals surface area contributed by atoms with Crippen LogP contribution in [0.5, 0.6) is 5.75 Å². The Balaban J connectivity index is 1.67. The molecule has 4 rings (SSSR count). The van der Waals surface area contributed by atoms with Crippen molar-refractivity contribution in [2.75, 3.05) is 13.1 Å². The smallest absolute Gasteiger partial charge is 0.248 e. The molecule has 0 aromatic heterocycles. The summed E-state index contributed by atoms with van der Waals surface area (Å²) in [5, 5.41) is 99.3. The lowest BCUT2D eigenvalue weighted by molar-refractivity contribution is -0.148. The molecule has 24 nitrogen and oxygen atoms in total. The van der Waals surface area contributed by atoms with E-state index in [1.165, 1.54) is 30.7 Å². The Hall–Kier alpha value is -5.50. The largest absolute Gasteiger partial charge is 0.508 e. The number of carbonyl (C=O) groups excluding carboxylic acids is 8. The van der Waals surface area contributed by atoms with E-state index in [2.05, 4.69) is 47.4 Å². The average Bonchev–Trinajstić information content (AvgIpc) is 3.93. The van der Waals surface area contributed by atoms with Crippen LogP contribution < -0.4 is 32.3 Å². The molecule has 0 spiro atoms. The SMILES string of the molecule is CCC(C)CC(C)CCCCCCCCC(=O)N[C@H]1C[C@@H](O)[C@@H](O)NC(=O)[C@@H]2[C@@H](O)CCN2C(=O)[C@H]([C@H](O)CC(N)=O)NC(=O)[C@H]([C@H](O)Cc2ccc(O)cc2)NC(=O)[C@@H]2C[C@@H](O)CN2C(=O)[C@H]([C@@H](C)O)NC1=O. The van der Waals surface area contributed by atoms with Crippen LogP contribution in [0.4, 0.5) is 0 Å². The van der Waals surface area contributed by atoms with E-state index < -0.39 is 165 Å². The normalized spacial score (nSPS) is 28.8. The summed E-state index contributed by atoms with van der Waals surface area (Å²) in [5.41, 5.74) is 5.66. The van der Waals surface area contributed by atoms with E-state index in [4.69, 9.17) is 5.73 Å². The Morgan fingerprint density at radius 2 is 1.32 bits per heavy atom. The predicted molar refractivity (Wildman–Crippen MR) is 264 cm³/mol. The van der Waals surface area contributed by atoms with Gasteiger partial charge < -0.3 is 83.0 Å². The van der Waals surface area contributed by atoms with Crippen LogP contribution in [0.25, 0.3) is 0 Å². The number of aliphatic hydroxyl groups excluding tert-OH is 7. The molecular weight excluding hydrogens is 969 g/mol. The third-order valence-corrected chi connectivity index (χ3v) is 14.2. The molecule has 3 heterocycles. The molecule has 0 bridgehead atoms. The standard InChI is InChI=1S/C50H80N8O16/c1-5-26(2)20-27(3)12-10-8-6-7-9-11-13-39(67)52-32-23-37(65)46(70)56-48(72)43-34(62)18-19-57(43)50(74)42(36(64)24-38(51)66)55-47(71)41(35(63)21-29-14-16-30(60)17-15-29)54-45(69)33-22-31(61)25-58(33)49(73)40(28(4)59)53-44(32)68/h14-17,26-28,31-37,40-43,46,59-65,70H,5-13,18-25H2,1-4H3,(H2,51,66)(H,52,67)(H,53,68)(H,54,69)(H,55,71)(H,56,72)/t26?,27?,28-,31-,32+,33+,34+,35-,36-,37-,40+,41+,42+,43+,46-/m1/s1. The van der Waals surface area contributed by atoms with Crippen LogP contribution in [0.2, 0.25) is 0 Å². The summed E-state index contributed by atoms with van der Waals surface area (Å²) >= 11 is 0. The minimum Gasteiger partial charge on any atom is -0.508 e. The van der Waals surface area contributed by atoms with Crippen LogP contribution in [0, 0.1) is 11.8 Å². The van der Waals surface area contributed by atoms with Gasteiger partial charge in [-0.1, -0.05) is 77.8 Å². The summed E-state index contributed by atoms with van der Waals surface area (Å²) in [6.07, 6.45) is -7.49. The fraction of sp³-hybridized carbons (Fsp3) is 0.720. The molecule has 0 saturated carbocycles. The highest BCUT2D eigenvalue weighted by Gasteiger charge is 2.48. The number of benzene rings is 1. The van der Waals surface area contributed by atoms with Crippen molar-refractivity contribution in [3.63, 3.8) is 0 Å². The summed E-state index contributed by atoms with van der Waals surface area (Å²) in [6, 6.07) is -6.04. The van der Waals surface area contributed by atoms with Gasteiger partial charge in [0.15, 0.2) is 6.23 Å². The highest BCUT2D eigenvalue weighted by atomic mass is 16.3. The van der Waals surface area contributed by atoms with Crippen molar-refractivity contribution in [2.45, 2.75) is 203 Å². The molecular formula is C50H80N8O16. The molecule has 3 fully saturated rings. The number of nitrogens with two attached hydrogens (primary N) is 1. The third-order valence-electron chi connectivity index (χ3n) is 14.2. The van der Waals surface area contributed by atoms with Gasteiger partial charge in [-0.25, -0.2) is 0 Å². The summed E-state index contributed by atoms with van der Waals surface area (Å²) in [4.78, 5) is 112. The number of nitrogens with zero attached hydrogens (tertiary/aromatic N) is 2. The molecule has 24 heteroatoms. The number of unbranched alkanes of at least 4 members (excludes halogenated alkanes) is 5. The van der Waals surface area contributed by atoms with Gasteiger partial charge in [-0.05, 0) is 55.7 Å². The van der Waals surface area contributed by atoms with Gasteiger partial charge in [0, 0.05) is 38.8 Å². The maximum atomic E-state index is 14.4. The van der Waals surface area contributed by atoms with Gasteiger partial charge >= 0.3 is 0 Å². The molecule has 3 aliphatic rings. The van der Waals surface area contributed by atoms with Crippen molar-refractivity contribution in [1.82, 2.24) is 36.4 Å². The minimum atomic E-state index is -2.25. The highest BCUT2D eigenvalue weighted by molar-refractivity contribution is 5.98. The zero-order valence-corrected chi connectivity index (χ0v) is 42.8. The maximum Gasteiger partial charge on any atom is 0.248 e. The molecule has 0 radical (unpaired) electrons. The predicted octanol–water partition coefficient (Wildman–Crippen LogP) is -2.83. The van der Waals surface area contributed by atoms with E-state index in [0.29, 0.717) is 30.2 Å². The number of aliphatic hydroxyl groups is 7. The molecule has 8 amide bonds. The number of amides is 8. The quantitative estimate of drug-likeness (QED) is 0.0586. The molecule has 3 aliphatic heterocycles. The second-order valence-electron chi connectivity index (χ2n) is 20.5. The summed E-state index contributed by atoms with van der Waals surface area (Å²) in [6.45, 7) is 6.90. The Morgan fingerprint density at radius 3 is 1.96 bits per heavy atom. The van der Waals surface area contributed by atoms with Gasteiger partial charge in [0.05, 0.1) is 36.9 Å². The lowest BCUT2D eigenvalue weighted by atomic mass is 9.91. The van der Waals surface area contributed by atoms with Crippen molar-refractivity contribution < 1.29 is 79.2 Å². The van der Waals surface area contributed by atoms with Gasteiger partial charge in [0.1, 0.15) is 48.1 Å². The van der Waals surface area contributed by atoms with Crippen molar-refractivity contribution in [3.05, 3.63) is 29.8 Å². The zero-order valence-electron chi connectivity index (χ0n) is 42.8. The molecule has 1 aromatic carbocycles. The first-order valence-electron chi connectivity index (χ1n) is 25.9. The van der Waals surface area contributed by atoms with Gasteiger partial charge in [-0.3, -0.25) is 38.4 Å². The maximum absolute atomic E-state index is 14.4. The zero-order chi connectivity index (χ0) is 55.0. The van der Waals surface area contributed by atoms with Crippen LogP contribution in [-0.4, -0.2) is 190 Å². The van der Waals surface area contributed by atoms with Crippen molar-refractivity contribution in [2.24, 2.45) is 17.6 Å². The summed E-state index contributed by atoms with van der Waals surface area (Å²) < 4.78 is 0. The Labute approximate surface area is 431 Å². The fourth-order valence-electron chi connectivity index (χ4n) is 9.76. The van der Waals surface area contributed by atoms with Crippen LogP contribution in [0.15, 0.2) is 24.3 Å². The lowest BCUT2D eigenvalue weighted by Gasteiger charge is -2.34. The number of nitrogens with one attached hydrogen (secondary N) is 5. The van der Waals surface area contributed by atoms with E-state index in [1.54, 1.807) is 0 Å². The number of rotatable bonds is 20. The fourth-order valence-corrected chi connectivity index (χ4v) is 9.76. The average molecular weight is 1050 g/mol. The van der Waals surface area contributed by atoms with Crippen LogP contribution in [0.1, 0.15) is 123 Å². The molecule has 1 aromatic rings. The van der Waals surface area contributed by atoms with E-state index in [-0.39, 0.29) is 18.6 Å². The van der Waals surface area contributed by atoms with Crippen LogP contribution >= 0.6 is 0 Å². The Bertz CT molecular complexity index is 2070. The molecule has 15 N–H and O–H groups in total.